The fraction of sp³-hybridized carbons (Fsp3) is 0.625. The molecule has 0 saturated heterocycles. The van der Waals surface area contributed by atoms with Crippen LogP contribution in [-0.2, 0) is 9.53 Å². The summed E-state index contributed by atoms with van der Waals surface area (Å²) in [5.41, 5.74) is 2.33. The molecule has 1 amide bonds. The number of methoxy groups -OCH3 is 1. The highest BCUT2D eigenvalue weighted by Crippen LogP contribution is 2.42. The van der Waals surface area contributed by atoms with E-state index in [1.807, 2.05) is 12.1 Å². The summed E-state index contributed by atoms with van der Waals surface area (Å²) in [7, 11) is 1.67. The maximum Gasteiger partial charge on any atom is 0.220 e. The van der Waals surface area contributed by atoms with Crippen molar-refractivity contribution in [1.29, 1.82) is 0 Å². The number of ether oxygens (including phenoxy) is 2. The first-order valence-electron chi connectivity index (χ1n) is 11.1. The predicted molar refractivity (Wildman–Crippen MR) is 117 cm³/mol. The van der Waals surface area contributed by atoms with Crippen molar-refractivity contribution in [2.24, 2.45) is 5.92 Å². The number of benzene rings is 1. The minimum Gasteiger partial charge on any atom is -0.497 e. The average Bonchev–Trinajstić information content (AvgIpc) is 3.06. The molecule has 2 aliphatic rings. The molecule has 0 saturated carbocycles. The number of nitrogens with one attached hydrogen (secondary N) is 2. The van der Waals surface area contributed by atoms with Crippen molar-refractivity contribution in [3.63, 3.8) is 0 Å². The van der Waals surface area contributed by atoms with Gasteiger partial charge in [-0.05, 0) is 54.9 Å². The van der Waals surface area contributed by atoms with Gasteiger partial charge in [0.1, 0.15) is 5.75 Å². The molecule has 0 spiro atoms. The van der Waals surface area contributed by atoms with Gasteiger partial charge < -0.3 is 25.2 Å². The second-order valence-electron chi connectivity index (χ2n) is 8.75. The van der Waals surface area contributed by atoms with Crippen LogP contribution in [0.4, 0.5) is 0 Å². The molecule has 1 heterocycles. The number of hydrogen-bond donors (Lipinski definition) is 3. The Bertz CT molecular complexity index is 734. The first-order valence-corrected chi connectivity index (χ1v) is 11.1. The zero-order valence-corrected chi connectivity index (χ0v) is 18.4. The Morgan fingerprint density at radius 3 is 2.87 bits per heavy atom. The van der Waals surface area contributed by atoms with E-state index in [-0.39, 0.29) is 24.1 Å². The van der Waals surface area contributed by atoms with Crippen molar-refractivity contribution < 1.29 is 19.4 Å². The van der Waals surface area contributed by atoms with Crippen LogP contribution in [0.5, 0.6) is 5.75 Å². The Morgan fingerprint density at radius 2 is 2.10 bits per heavy atom. The summed E-state index contributed by atoms with van der Waals surface area (Å²) in [6, 6.07) is 5.92. The zero-order chi connectivity index (χ0) is 21.5. The normalized spacial score (nSPS) is 29.3. The summed E-state index contributed by atoms with van der Waals surface area (Å²) in [5.74, 6) is 1.21. The van der Waals surface area contributed by atoms with Gasteiger partial charge in [-0.25, -0.2) is 0 Å². The first-order chi connectivity index (χ1) is 14.5. The molecule has 0 fully saturated rings. The number of β-amino-alcohol motifs (C(OH)–C–C–N with tert-alkyl or cyclic N) is 1. The number of aliphatic hydroxyl groups excluding tert-OH is 1. The van der Waals surface area contributed by atoms with Gasteiger partial charge >= 0.3 is 0 Å². The molecule has 6 nitrogen and oxygen atoms in total. The Balaban J connectivity index is 1.80. The lowest BCUT2D eigenvalue weighted by molar-refractivity contribution is -0.122. The number of carbonyl (C=O) groups excluding carboxylic acids is 1. The van der Waals surface area contributed by atoms with E-state index in [2.05, 4.69) is 42.7 Å². The van der Waals surface area contributed by atoms with E-state index in [1.54, 1.807) is 7.11 Å². The fourth-order valence-electron chi connectivity index (χ4n) is 4.34. The molecule has 6 heteroatoms. The molecule has 4 atom stereocenters. The lowest BCUT2D eigenvalue weighted by Crippen LogP contribution is -2.48. The van der Waals surface area contributed by atoms with Crippen LogP contribution in [0.1, 0.15) is 69.2 Å². The number of rotatable bonds is 3. The van der Waals surface area contributed by atoms with Crippen LogP contribution in [0.15, 0.2) is 30.4 Å². The van der Waals surface area contributed by atoms with Gasteiger partial charge in [0.15, 0.2) is 0 Å². The number of carbonyl (C=O) groups is 1. The molecule has 1 aliphatic carbocycles. The van der Waals surface area contributed by atoms with Crippen molar-refractivity contribution in [2.75, 3.05) is 20.3 Å². The third kappa shape index (κ3) is 6.06. The molecule has 0 radical (unpaired) electrons. The van der Waals surface area contributed by atoms with Crippen LogP contribution in [0.3, 0.4) is 0 Å². The van der Waals surface area contributed by atoms with E-state index in [0.717, 1.165) is 37.0 Å². The molecule has 3 N–H and O–H groups in total. The quantitative estimate of drug-likeness (QED) is 0.658. The number of amides is 1. The van der Waals surface area contributed by atoms with Crippen LogP contribution in [0.2, 0.25) is 0 Å². The van der Waals surface area contributed by atoms with Gasteiger partial charge in [0.25, 0.3) is 0 Å². The lowest BCUT2D eigenvalue weighted by Gasteiger charge is -2.27. The summed E-state index contributed by atoms with van der Waals surface area (Å²) in [4.78, 5) is 12.4. The number of allylic oxidation sites excluding steroid dienone is 1. The van der Waals surface area contributed by atoms with E-state index in [4.69, 9.17) is 9.47 Å². The van der Waals surface area contributed by atoms with Gasteiger partial charge in [-0.15, -0.1) is 0 Å². The largest absolute Gasteiger partial charge is 0.497 e. The van der Waals surface area contributed by atoms with Crippen LogP contribution >= 0.6 is 0 Å². The van der Waals surface area contributed by atoms with E-state index < -0.39 is 6.10 Å². The smallest absolute Gasteiger partial charge is 0.220 e. The van der Waals surface area contributed by atoms with Crippen LogP contribution in [0.25, 0.3) is 0 Å². The number of hydrogen-bond acceptors (Lipinski definition) is 5. The molecule has 1 aliphatic heterocycles. The van der Waals surface area contributed by atoms with E-state index in [9.17, 15) is 9.90 Å². The summed E-state index contributed by atoms with van der Waals surface area (Å²) in [6.45, 7) is 5.18. The second kappa shape index (κ2) is 10.9. The highest BCUT2D eigenvalue weighted by molar-refractivity contribution is 5.76. The lowest BCUT2D eigenvalue weighted by atomic mass is 9.98. The summed E-state index contributed by atoms with van der Waals surface area (Å²) < 4.78 is 11.6. The standard InChI is InChI=1S/C24H36N2O4/c1-16(2)12-21-22(27)15-25-20-14-23(18-10-9-17(29-3)13-19(18)20)30-11-7-5-4-6-8-24(28)26-21/h5,7,9-10,13,16,20-23,25,27H,4,6,8,11-12,14-15H2,1-3H3,(H,26,28)/b7-5-/t20-,21-,22+,23+/m0/s1. The van der Waals surface area contributed by atoms with Crippen LogP contribution in [0, 0.1) is 5.92 Å². The van der Waals surface area contributed by atoms with Gasteiger partial charge in [-0.2, -0.15) is 0 Å². The monoisotopic (exact) mass is 416 g/mol. The van der Waals surface area contributed by atoms with Crippen LogP contribution < -0.4 is 15.4 Å². The molecule has 0 unspecified atom stereocenters. The Hall–Kier alpha value is -1.89. The second-order valence-corrected chi connectivity index (χ2v) is 8.75. The average molecular weight is 417 g/mol. The van der Waals surface area contributed by atoms with Crippen molar-refractivity contribution >= 4 is 5.91 Å². The number of aliphatic hydroxyl groups is 1. The molecule has 3 rings (SSSR count). The van der Waals surface area contributed by atoms with Crippen molar-refractivity contribution in [3.05, 3.63) is 41.5 Å². The molecule has 166 valence electrons. The minimum absolute atomic E-state index is 0.00690. The van der Waals surface area contributed by atoms with E-state index in [0.29, 0.717) is 25.5 Å². The summed E-state index contributed by atoms with van der Waals surface area (Å²) in [6.07, 6.45) is 7.15. The molecule has 2 bridgehead atoms. The topological polar surface area (TPSA) is 79.8 Å². The van der Waals surface area contributed by atoms with Gasteiger partial charge in [0.2, 0.25) is 5.91 Å². The molecule has 1 aromatic rings. The van der Waals surface area contributed by atoms with Crippen LogP contribution in [-0.4, -0.2) is 43.4 Å². The predicted octanol–water partition coefficient (Wildman–Crippen LogP) is 3.42. The van der Waals surface area contributed by atoms with Gasteiger partial charge in [0.05, 0.1) is 32.0 Å². The minimum atomic E-state index is -0.654. The summed E-state index contributed by atoms with van der Waals surface area (Å²) in [5, 5.41) is 17.5. The molecular formula is C24H36N2O4. The van der Waals surface area contributed by atoms with Gasteiger partial charge in [-0.1, -0.05) is 32.1 Å². The number of fused-ring (bicyclic) bond motifs is 5. The first kappa shape index (κ1) is 22.8. The molecule has 1 aromatic carbocycles. The SMILES string of the molecule is COc1ccc2c(c1)[C@@H]1C[C@H]2OC/C=C\CCCC(=O)N[C@@H](CC(C)C)[C@H](O)CN1. The van der Waals surface area contributed by atoms with E-state index in [1.165, 1.54) is 5.56 Å². The van der Waals surface area contributed by atoms with E-state index >= 15 is 0 Å². The highest BCUT2D eigenvalue weighted by atomic mass is 16.5. The van der Waals surface area contributed by atoms with Crippen molar-refractivity contribution in [3.8, 4) is 5.75 Å². The van der Waals surface area contributed by atoms with Gasteiger partial charge in [-0.3, -0.25) is 4.79 Å². The zero-order valence-electron chi connectivity index (χ0n) is 18.4. The van der Waals surface area contributed by atoms with Gasteiger partial charge in [0, 0.05) is 19.0 Å². The molecular weight excluding hydrogens is 380 g/mol. The highest BCUT2D eigenvalue weighted by Gasteiger charge is 2.33. The third-order valence-electron chi connectivity index (χ3n) is 5.91. The maximum absolute atomic E-state index is 12.4. The third-order valence-corrected chi connectivity index (χ3v) is 5.91. The summed E-state index contributed by atoms with van der Waals surface area (Å²) >= 11 is 0. The maximum atomic E-state index is 12.4. The Morgan fingerprint density at radius 1 is 1.27 bits per heavy atom. The van der Waals surface area contributed by atoms with Crippen molar-refractivity contribution in [1.82, 2.24) is 10.6 Å². The fourth-order valence-corrected chi connectivity index (χ4v) is 4.34. The molecule has 0 aromatic heterocycles. The Kier molecular flexibility index (Phi) is 8.31. The van der Waals surface area contributed by atoms with Crippen molar-refractivity contribution in [2.45, 2.75) is 70.2 Å². The Labute approximate surface area is 180 Å². The molecule has 30 heavy (non-hydrogen) atoms.